The minimum absolute atomic E-state index is 0.0895. The summed E-state index contributed by atoms with van der Waals surface area (Å²) in [6.45, 7) is 7.88. The zero-order chi connectivity index (χ0) is 22.1. The standard InChI is InChI=1S/C24H31N3O3/c1-23(2,22(28)29)15-30-20-10-9-17-13-19(8-7-18(17)14-20)21(24(3,4)26(5)6)27-12-11-25-16-27/h7-14,16,21H,15H2,1-6H3,(H,28,29)/t21-/m1/s1. The fourth-order valence-corrected chi connectivity index (χ4v) is 3.44. The molecule has 6 heteroatoms. The first kappa shape index (κ1) is 21.8. The van der Waals surface area contributed by atoms with Gasteiger partial charge in [-0.15, -0.1) is 0 Å². The summed E-state index contributed by atoms with van der Waals surface area (Å²) < 4.78 is 7.91. The van der Waals surface area contributed by atoms with Gasteiger partial charge in [-0.2, -0.15) is 0 Å². The Morgan fingerprint density at radius 2 is 1.80 bits per heavy atom. The lowest BCUT2D eigenvalue weighted by Crippen LogP contribution is -2.46. The molecule has 30 heavy (non-hydrogen) atoms. The molecule has 3 rings (SSSR count). The van der Waals surface area contributed by atoms with Gasteiger partial charge in [-0.1, -0.05) is 18.2 Å². The molecular formula is C24H31N3O3. The minimum atomic E-state index is -0.936. The van der Waals surface area contributed by atoms with Gasteiger partial charge in [0.1, 0.15) is 12.4 Å². The van der Waals surface area contributed by atoms with Crippen molar-refractivity contribution in [1.29, 1.82) is 0 Å². The number of imidazole rings is 1. The maximum absolute atomic E-state index is 11.3. The van der Waals surface area contributed by atoms with Crippen molar-refractivity contribution in [1.82, 2.24) is 14.5 Å². The average Bonchev–Trinajstić information content (AvgIpc) is 3.20. The third kappa shape index (κ3) is 4.33. The SMILES string of the molecule is CN(C)C(C)(C)[C@@H](c1ccc2cc(OCC(C)(C)C(=O)O)ccc2c1)n1ccnc1. The summed E-state index contributed by atoms with van der Waals surface area (Å²) in [6.07, 6.45) is 5.67. The Kier molecular flexibility index (Phi) is 5.90. The Morgan fingerprint density at radius 1 is 1.13 bits per heavy atom. The summed E-state index contributed by atoms with van der Waals surface area (Å²) in [7, 11) is 4.18. The van der Waals surface area contributed by atoms with E-state index >= 15 is 0 Å². The van der Waals surface area contributed by atoms with Crippen LogP contribution in [0.25, 0.3) is 10.8 Å². The summed E-state index contributed by atoms with van der Waals surface area (Å²) in [5, 5.41) is 11.4. The molecule has 2 aromatic carbocycles. The largest absolute Gasteiger partial charge is 0.492 e. The molecule has 0 unspecified atom stereocenters. The Morgan fingerprint density at radius 3 is 2.40 bits per heavy atom. The van der Waals surface area contributed by atoms with Crippen LogP contribution in [-0.4, -0.2) is 51.8 Å². The molecule has 0 bridgehead atoms. The quantitative estimate of drug-likeness (QED) is 0.595. The number of likely N-dealkylation sites (N-methyl/N-ethyl adjacent to an activating group) is 1. The Bertz CT molecular complexity index is 1020. The number of carboxylic acids is 1. The number of hydrogen-bond acceptors (Lipinski definition) is 4. The second-order valence-corrected chi connectivity index (χ2v) is 9.21. The van der Waals surface area contributed by atoms with Gasteiger partial charge in [0.05, 0.1) is 17.8 Å². The first-order valence-corrected chi connectivity index (χ1v) is 10.1. The zero-order valence-corrected chi connectivity index (χ0v) is 18.6. The molecular weight excluding hydrogens is 378 g/mol. The molecule has 3 aromatic rings. The predicted molar refractivity (Wildman–Crippen MR) is 119 cm³/mol. The highest BCUT2D eigenvalue weighted by atomic mass is 16.5. The first-order chi connectivity index (χ1) is 14.0. The van der Waals surface area contributed by atoms with Crippen LogP contribution in [0.15, 0.2) is 55.1 Å². The lowest BCUT2D eigenvalue weighted by molar-refractivity contribution is -0.148. The normalized spacial score (nSPS) is 13.6. The Labute approximate surface area is 178 Å². The molecule has 0 spiro atoms. The monoisotopic (exact) mass is 409 g/mol. The molecule has 1 N–H and O–H groups in total. The smallest absolute Gasteiger partial charge is 0.312 e. The van der Waals surface area contributed by atoms with Crippen LogP contribution in [0.1, 0.15) is 39.3 Å². The topological polar surface area (TPSA) is 67.6 Å². The van der Waals surface area contributed by atoms with Crippen molar-refractivity contribution in [3.63, 3.8) is 0 Å². The molecule has 1 atom stereocenters. The molecule has 1 heterocycles. The molecule has 0 saturated carbocycles. The highest BCUT2D eigenvalue weighted by Crippen LogP contribution is 2.35. The molecule has 6 nitrogen and oxygen atoms in total. The summed E-state index contributed by atoms with van der Waals surface area (Å²) in [5.41, 5.74) is 0.119. The third-order valence-electron chi connectivity index (χ3n) is 5.97. The van der Waals surface area contributed by atoms with Crippen LogP contribution >= 0.6 is 0 Å². The van der Waals surface area contributed by atoms with Gasteiger partial charge in [0.25, 0.3) is 0 Å². The molecule has 0 aliphatic rings. The van der Waals surface area contributed by atoms with E-state index in [2.05, 4.69) is 60.6 Å². The van der Waals surface area contributed by atoms with E-state index in [0.717, 1.165) is 10.8 Å². The van der Waals surface area contributed by atoms with E-state index in [-0.39, 0.29) is 18.2 Å². The number of benzene rings is 2. The average molecular weight is 410 g/mol. The van der Waals surface area contributed by atoms with Crippen LogP contribution in [0.4, 0.5) is 0 Å². The van der Waals surface area contributed by atoms with Crippen LogP contribution in [-0.2, 0) is 4.79 Å². The van der Waals surface area contributed by atoms with E-state index in [1.807, 2.05) is 36.9 Å². The Hall–Kier alpha value is -2.86. The highest BCUT2D eigenvalue weighted by Gasteiger charge is 2.34. The van der Waals surface area contributed by atoms with Crippen molar-refractivity contribution < 1.29 is 14.6 Å². The lowest BCUT2D eigenvalue weighted by Gasteiger charge is -2.41. The number of carboxylic acid groups (broad SMARTS) is 1. The van der Waals surface area contributed by atoms with E-state index < -0.39 is 11.4 Å². The number of hydrogen-bond donors (Lipinski definition) is 1. The van der Waals surface area contributed by atoms with Crippen molar-refractivity contribution in [2.24, 2.45) is 5.41 Å². The number of fused-ring (bicyclic) bond motifs is 1. The third-order valence-corrected chi connectivity index (χ3v) is 5.97. The second-order valence-electron chi connectivity index (χ2n) is 9.21. The molecule has 0 radical (unpaired) electrons. The molecule has 0 aliphatic heterocycles. The number of ether oxygens (including phenoxy) is 1. The second kappa shape index (κ2) is 8.11. The highest BCUT2D eigenvalue weighted by molar-refractivity contribution is 5.84. The number of aromatic nitrogens is 2. The van der Waals surface area contributed by atoms with Gasteiger partial charge < -0.3 is 19.3 Å². The van der Waals surface area contributed by atoms with Gasteiger partial charge in [0, 0.05) is 17.9 Å². The van der Waals surface area contributed by atoms with Gasteiger partial charge in [0.2, 0.25) is 0 Å². The maximum Gasteiger partial charge on any atom is 0.312 e. The van der Waals surface area contributed by atoms with Gasteiger partial charge in [0.15, 0.2) is 0 Å². The number of nitrogens with zero attached hydrogens (tertiary/aromatic N) is 3. The van der Waals surface area contributed by atoms with Crippen LogP contribution in [0.5, 0.6) is 5.75 Å². The van der Waals surface area contributed by atoms with Crippen LogP contribution in [0.2, 0.25) is 0 Å². The van der Waals surface area contributed by atoms with E-state index in [1.54, 1.807) is 13.8 Å². The van der Waals surface area contributed by atoms with Gasteiger partial charge in [-0.25, -0.2) is 4.98 Å². The van der Waals surface area contributed by atoms with Crippen molar-refractivity contribution in [2.45, 2.75) is 39.3 Å². The minimum Gasteiger partial charge on any atom is -0.492 e. The van der Waals surface area contributed by atoms with Crippen LogP contribution in [0.3, 0.4) is 0 Å². The molecule has 0 fully saturated rings. The Balaban J connectivity index is 1.93. The summed E-state index contributed by atoms with van der Waals surface area (Å²) in [6, 6.07) is 12.4. The fraction of sp³-hybridized carbons (Fsp3) is 0.417. The number of rotatable bonds is 8. The van der Waals surface area contributed by atoms with Gasteiger partial charge in [-0.05, 0) is 76.3 Å². The van der Waals surface area contributed by atoms with Gasteiger partial charge in [-0.3, -0.25) is 4.79 Å². The van der Waals surface area contributed by atoms with Crippen LogP contribution in [0, 0.1) is 5.41 Å². The molecule has 160 valence electrons. The zero-order valence-electron chi connectivity index (χ0n) is 18.6. The molecule has 0 aliphatic carbocycles. The van der Waals surface area contributed by atoms with E-state index in [9.17, 15) is 9.90 Å². The molecule has 0 amide bonds. The van der Waals surface area contributed by atoms with Crippen LogP contribution < -0.4 is 4.74 Å². The van der Waals surface area contributed by atoms with Crippen molar-refractivity contribution in [3.8, 4) is 5.75 Å². The molecule has 0 saturated heterocycles. The number of aliphatic carboxylic acids is 1. The fourth-order valence-electron chi connectivity index (χ4n) is 3.44. The lowest BCUT2D eigenvalue weighted by atomic mass is 9.86. The summed E-state index contributed by atoms with van der Waals surface area (Å²) in [5.74, 6) is -0.202. The summed E-state index contributed by atoms with van der Waals surface area (Å²) >= 11 is 0. The van der Waals surface area contributed by atoms with Crippen molar-refractivity contribution in [3.05, 3.63) is 60.7 Å². The van der Waals surface area contributed by atoms with Crippen molar-refractivity contribution >= 4 is 16.7 Å². The van der Waals surface area contributed by atoms with E-state index in [0.29, 0.717) is 5.75 Å². The first-order valence-electron chi connectivity index (χ1n) is 10.1. The predicted octanol–water partition coefficient (Wildman–Crippen LogP) is 4.46. The summed E-state index contributed by atoms with van der Waals surface area (Å²) in [4.78, 5) is 17.8. The van der Waals surface area contributed by atoms with E-state index in [4.69, 9.17) is 4.74 Å². The molecule has 1 aromatic heterocycles. The van der Waals surface area contributed by atoms with Gasteiger partial charge >= 0.3 is 5.97 Å². The number of carbonyl (C=O) groups is 1. The van der Waals surface area contributed by atoms with E-state index in [1.165, 1.54) is 5.56 Å². The van der Waals surface area contributed by atoms with Crippen molar-refractivity contribution in [2.75, 3.05) is 20.7 Å². The maximum atomic E-state index is 11.3.